The number of thiocarbonyl (C=S) groups is 1. The van der Waals surface area contributed by atoms with E-state index in [9.17, 15) is 14.0 Å². The van der Waals surface area contributed by atoms with E-state index in [0.29, 0.717) is 26.2 Å². The molecular formula is C24H17FN2O2S2. The van der Waals surface area contributed by atoms with E-state index in [0.717, 1.165) is 11.1 Å². The fourth-order valence-electron chi connectivity index (χ4n) is 3.03. The van der Waals surface area contributed by atoms with Crippen LogP contribution in [0.25, 0.3) is 6.08 Å². The van der Waals surface area contributed by atoms with Gasteiger partial charge in [0.05, 0.1) is 10.6 Å². The Kier molecular flexibility index (Phi) is 5.97. The zero-order valence-electron chi connectivity index (χ0n) is 16.5. The van der Waals surface area contributed by atoms with Crippen molar-refractivity contribution in [1.29, 1.82) is 0 Å². The number of aryl methyl sites for hydroxylation is 1. The molecule has 1 saturated heterocycles. The molecule has 0 aromatic heterocycles. The number of anilines is 2. The number of hydrogen-bond acceptors (Lipinski definition) is 4. The van der Waals surface area contributed by atoms with Gasteiger partial charge in [0, 0.05) is 11.3 Å². The topological polar surface area (TPSA) is 49.4 Å². The fourth-order valence-corrected chi connectivity index (χ4v) is 4.33. The molecule has 0 saturated carbocycles. The third kappa shape index (κ3) is 4.73. The zero-order chi connectivity index (χ0) is 22.0. The van der Waals surface area contributed by atoms with Crippen LogP contribution in [-0.2, 0) is 4.79 Å². The number of benzene rings is 3. The minimum Gasteiger partial charge on any atom is -0.322 e. The molecule has 154 valence electrons. The predicted octanol–water partition coefficient (Wildman–Crippen LogP) is 5.79. The lowest BCUT2D eigenvalue weighted by molar-refractivity contribution is -0.113. The van der Waals surface area contributed by atoms with Gasteiger partial charge in [-0.3, -0.25) is 14.5 Å². The summed E-state index contributed by atoms with van der Waals surface area (Å²) < 4.78 is 13.5. The Morgan fingerprint density at radius 2 is 1.77 bits per heavy atom. The maximum atomic E-state index is 13.1. The van der Waals surface area contributed by atoms with Crippen molar-refractivity contribution < 1.29 is 14.0 Å². The predicted molar refractivity (Wildman–Crippen MR) is 128 cm³/mol. The maximum absolute atomic E-state index is 13.1. The molecule has 0 aliphatic carbocycles. The second-order valence-electron chi connectivity index (χ2n) is 6.94. The summed E-state index contributed by atoms with van der Waals surface area (Å²) in [5, 5.41) is 2.71. The molecule has 4 rings (SSSR count). The molecule has 0 atom stereocenters. The largest absolute Gasteiger partial charge is 0.322 e. The van der Waals surface area contributed by atoms with Crippen LogP contribution in [-0.4, -0.2) is 16.1 Å². The van der Waals surface area contributed by atoms with E-state index < -0.39 is 0 Å². The quantitative estimate of drug-likeness (QED) is 0.405. The summed E-state index contributed by atoms with van der Waals surface area (Å²) in [5.41, 5.74) is 3.40. The highest BCUT2D eigenvalue weighted by Crippen LogP contribution is 2.36. The van der Waals surface area contributed by atoms with Crippen LogP contribution >= 0.6 is 24.0 Å². The molecule has 0 radical (unpaired) electrons. The molecule has 1 N–H and O–H groups in total. The lowest BCUT2D eigenvalue weighted by Crippen LogP contribution is -2.27. The second kappa shape index (κ2) is 8.83. The first-order chi connectivity index (χ1) is 14.9. The summed E-state index contributed by atoms with van der Waals surface area (Å²) in [4.78, 5) is 27.6. The van der Waals surface area contributed by atoms with E-state index in [1.165, 1.54) is 40.9 Å². The standard InChI is InChI=1S/C24H17FN2O2S2/c1-15-5-7-16(8-6-15)13-21-23(29)27(24(30)31-21)20-4-2-3-17(14-20)22(28)26-19-11-9-18(25)10-12-19/h2-14H,1H3,(H,26,28)/b21-13+. The first-order valence-corrected chi connectivity index (χ1v) is 10.6. The molecule has 1 heterocycles. The Bertz CT molecular complexity index is 1210. The van der Waals surface area contributed by atoms with Crippen molar-refractivity contribution in [3.05, 3.63) is 100 Å². The Morgan fingerprint density at radius 1 is 1.06 bits per heavy atom. The number of halogens is 1. The van der Waals surface area contributed by atoms with Crippen molar-refractivity contribution in [1.82, 2.24) is 0 Å². The van der Waals surface area contributed by atoms with Gasteiger partial charge in [0.25, 0.3) is 11.8 Å². The maximum Gasteiger partial charge on any atom is 0.270 e. The third-order valence-electron chi connectivity index (χ3n) is 4.64. The van der Waals surface area contributed by atoms with Crippen LogP contribution in [0.2, 0.25) is 0 Å². The van der Waals surface area contributed by atoms with Crippen molar-refractivity contribution in [3.8, 4) is 0 Å². The molecule has 0 bridgehead atoms. The third-order valence-corrected chi connectivity index (χ3v) is 5.94. The van der Waals surface area contributed by atoms with E-state index in [1.807, 2.05) is 37.3 Å². The van der Waals surface area contributed by atoms with Crippen LogP contribution in [0.3, 0.4) is 0 Å². The fraction of sp³-hybridized carbons (Fsp3) is 0.0417. The van der Waals surface area contributed by atoms with Crippen LogP contribution in [0.1, 0.15) is 21.5 Å². The van der Waals surface area contributed by atoms with Crippen molar-refractivity contribution >= 4 is 57.6 Å². The molecule has 7 heteroatoms. The molecule has 3 aromatic rings. The molecular weight excluding hydrogens is 431 g/mol. The minimum absolute atomic E-state index is 0.230. The zero-order valence-corrected chi connectivity index (χ0v) is 18.1. The Labute approximate surface area is 188 Å². The summed E-state index contributed by atoms with van der Waals surface area (Å²) >= 11 is 6.66. The van der Waals surface area contributed by atoms with Crippen molar-refractivity contribution in [2.24, 2.45) is 0 Å². The highest BCUT2D eigenvalue weighted by molar-refractivity contribution is 8.27. The van der Waals surface area contributed by atoms with Crippen molar-refractivity contribution in [2.45, 2.75) is 6.92 Å². The summed E-state index contributed by atoms with van der Waals surface area (Å²) in [6.45, 7) is 2.00. The molecule has 1 aliphatic rings. The van der Waals surface area contributed by atoms with Crippen LogP contribution < -0.4 is 10.2 Å². The van der Waals surface area contributed by atoms with Gasteiger partial charge < -0.3 is 5.32 Å². The highest BCUT2D eigenvalue weighted by Gasteiger charge is 2.33. The lowest BCUT2D eigenvalue weighted by atomic mass is 10.1. The summed E-state index contributed by atoms with van der Waals surface area (Å²) in [6, 6.07) is 20.0. The van der Waals surface area contributed by atoms with Gasteiger partial charge >= 0.3 is 0 Å². The average Bonchev–Trinajstić information content (AvgIpc) is 3.04. The second-order valence-corrected chi connectivity index (χ2v) is 8.61. The van der Waals surface area contributed by atoms with Crippen LogP contribution in [0, 0.1) is 12.7 Å². The number of nitrogens with zero attached hydrogens (tertiary/aromatic N) is 1. The van der Waals surface area contributed by atoms with Crippen molar-refractivity contribution in [3.63, 3.8) is 0 Å². The Morgan fingerprint density at radius 3 is 2.48 bits per heavy atom. The van der Waals surface area contributed by atoms with E-state index in [-0.39, 0.29) is 17.6 Å². The first-order valence-electron chi connectivity index (χ1n) is 9.42. The first kappa shape index (κ1) is 21.0. The molecule has 4 nitrogen and oxygen atoms in total. The molecule has 1 fully saturated rings. The number of carbonyl (C=O) groups excluding carboxylic acids is 2. The van der Waals surface area contributed by atoms with E-state index in [2.05, 4.69) is 5.32 Å². The molecule has 3 aromatic carbocycles. The summed E-state index contributed by atoms with van der Waals surface area (Å²) in [5.74, 6) is -0.978. The number of thioether (sulfide) groups is 1. The van der Waals surface area contributed by atoms with Crippen LogP contribution in [0.15, 0.2) is 77.7 Å². The number of amides is 2. The van der Waals surface area contributed by atoms with Gasteiger partial charge in [0.1, 0.15) is 5.82 Å². The molecule has 0 unspecified atom stereocenters. The SMILES string of the molecule is Cc1ccc(/C=C2/SC(=S)N(c3cccc(C(=O)Nc4ccc(F)cc4)c3)C2=O)cc1. The molecule has 0 spiro atoms. The number of hydrogen-bond donors (Lipinski definition) is 1. The van der Waals surface area contributed by atoms with Gasteiger partial charge in [-0.1, -0.05) is 59.9 Å². The minimum atomic E-state index is -0.381. The van der Waals surface area contributed by atoms with Gasteiger partial charge in [0.15, 0.2) is 4.32 Å². The Balaban J connectivity index is 1.56. The molecule has 2 amide bonds. The van der Waals surface area contributed by atoms with Gasteiger partial charge in [-0.15, -0.1) is 0 Å². The smallest absolute Gasteiger partial charge is 0.270 e. The Hall–Kier alpha value is -3.29. The van der Waals surface area contributed by atoms with E-state index >= 15 is 0 Å². The van der Waals surface area contributed by atoms with Gasteiger partial charge in [0.2, 0.25) is 0 Å². The van der Waals surface area contributed by atoms with Crippen molar-refractivity contribution in [2.75, 3.05) is 10.2 Å². The average molecular weight is 449 g/mol. The van der Waals surface area contributed by atoms with E-state index in [4.69, 9.17) is 12.2 Å². The number of rotatable bonds is 4. The monoisotopic (exact) mass is 448 g/mol. The van der Waals surface area contributed by atoms with Gasteiger partial charge in [-0.05, 0) is 61.0 Å². The summed E-state index contributed by atoms with van der Waals surface area (Å²) in [7, 11) is 0. The summed E-state index contributed by atoms with van der Waals surface area (Å²) in [6.07, 6.45) is 1.81. The lowest BCUT2D eigenvalue weighted by Gasteiger charge is -2.15. The van der Waals surface area contributed by atoms with E-state index in [1.54, 1.807) is 24.3 Å². The van der Waals surface area contributed by atoms with Gasteiger partial charge in [-0.25, -0.2) is 4.39 Å². The number of carbonyl (C=O) groups is 2. The molecule has 31 heavy (non-hydrogen) atoms. The number of nitrogens with one attached hydrogen (secondary N) is 1. The molecule has 1 aliphatic heterocycles. The van der Waals surface area contributed by atoms with Gasteiger partial charge in [-0.2, -0.15) is 0 Å². The normalized spacial score (nSPS) is 14.9. The van der Waals surface area contributed by atoms with Crippen LogP contribution in [0.4, 0.5) is 15.8 Å². The highest BCUT2D eigenvalue weighted by atomic mass is 32.2. The van der Waals surface area contributed by atoms with Crippen LogP contribution in [0.5, 0.6) is 0 Å².